The first kappa shape index (κ1) is 10.3. The quantitative estimate of drug-likeness (QED) is 0.821. The molecular formula is C12H12N2O3. The smallest absolute Gasteiger partial charge is 0.335 e. The molecule has 1 fully saturated rings. The van der Waals surface area contributed by atoms with Crippen LogP contribution >= 0.6 is 0 Å². The van der Waals surface area contributed by atoms with Crippen molar-refractivity contribution in [1.29, 1.82) is 0 Å². The summed E-state index contributed by atoms with van der Waals surface area (Å²) in [5.41, 5.74) is 1.87. The summed E-state index contributed by atoms with van der Waals surface area (Å²) in [6, 6.07) is 5.14. The molecule has 1 aromatic carbocycles. The van der Waals surface area contributed by atoms with Crippen molar-refractivity contribution < 1.29 is 15.0 Å². The van der Waals surface area contributed by atoms with E-state index in [9.17, 15) is 9.90 Å². The lowest BCUT2D eigenvalue weighted by Crippen LogP contribution is -2.30. The second-order valence-electron chi connectivity index (χ2n) is 4.44. The highest BCUT2D eigenvalue weighted by molar-refractivity contribution is 5.92. The van der Waals surface area contributed by atoms with Gasteiger partial charge in [0.2, 0.25) is 0 Å². The van der Waals surface area contributed by atoms with Crippen molar-refractivity contribution in [3.8, 4) is 0 Å². The number of carboxylic acid groups (broad SMARTS) is 1. The van der Waals surface area contributed by atoms with Crippen molar-refractivity contribution in [2.75, 3.05) is 0 Å². The van der Waals surface area contributed by atoms with Crippen LogP contribution in [0.4, 0.5) is 0 Å². The van der Waals surface area contributed by atoms with Gasteiger partial charge in [0, 0.05) is 6.04 Å². The molecule has 1 saturated carbocycles. The van der Waals surface area contributed by atoms with E-state index >= 15 is 0 Å². The largest absolute Gasteiger partial charge is 0.478 e. The van der Waals surface area contributed by atoms with Crippen molar-refractivity contribution in [2.45, 2.75) is 25.0 Å². The van der Waals surface area contributed by atoms with Crippen LogP contribution in [0.3, 0.4) is 0 Å². The normalized spacial score (nSPS) is 23.6. The predicted molar refractivity (Wildman–Crippen MR) is 61.0 cm³/mol. The summed E-state index contributed by atoms with van der Waals surface area (Å²) in [5.74, 6) is -0.937. The van der Waals surface area contributed by atoms with E-state index in [1.165, 1.54) is 0 Å². The molecule has 1 aliphatic carbocycles. The van der Waals surface area contributed by atoms with Crippen LogP contribution in [-0.4, -0.2) is 31.8 Å². The van der Waals surface area contributed by atoms with Crippen LogP contribution in [0.5, 0.6) is 0 Å². The number of carbonyl (C=O) groups is 1. The summed E-state index contributed by atoms with van der Waals surface area (Å²) in [6.07, 6.45) is 2.90. The number of hydrogen-bond donors (Lipinski definition) is 2. The van der Waals surface area contributed by atoms with Crippen molar-refractivity contribution in [3.63, 3.8) is 0 Å². The summed E-state index contributed by atoms with van der Waals surface area (Å²) in [5, 5.41) is 18.3. The van der Waals surface area contributed by atoms with E-state index in [-0.39, 0.29) is 17.7 Å². The van der Waals surface area contributed by atoms with Gasteiger partial charge in [0.05, 0.1) is 29.0 Å². The molecule has 3 rings (SSSR count). The Morgan fingerprint density at radius 1 is 1.41 bits per heavy atom. The summed E-state index contributed by atoms with van der Waals surface area (Å²) < 4.78 is 1.95. The highest BCUT2D eigenvalue weighted by Crippen LogP contribution is 2.34. The second kappa shape index (κ2) is 3.56. The fourth-order valence-electron chi connectivity index (χ4n) is 2.24. The molecule has 0 unspecified atom stereocenters. The molecule has 0 amide bonds. The lowest BCUT2D eigenvalue weighted by molar-refractivity contribution is 0.0500. The summed E-state index contributed by atoms with van der Waals surface area (Å²) in [7, 11) is 0. The van der Waals surface area contributed by atoms with Crippen LogP contribution < -0.4 is 0 Å². The number of aliphatic hydroxyl groups is 1. The van der Waals surface area contributed by atoms with Crippen molar-refractivity contribution in [2.24, 2.45) is 0 Å². The van der Waals surface area contributed by atoms with Gasteiger partial charge in [0.15, 0.2) is 0 Å². The average Bonchev–Trinajstić information content (AvgIpc) is 2.67. The lowest BCUT2D eigenvalue weighted by atomic mass is 9.89. The molecule has 5 nitrogen and oxygen atoms in total. The van der Waals surface area contributed by atoms with Crippen LogP contribution in [0, 0.1) is 0 Å². The van der Waals surface area contributed by atoms with Gasteiger partial charge in [-0.15, -0.1) is 0 Å². The Morgan fingerprint density at radius 3 is 2.82 bits per heavy atom. The maximum atomic E-state index is 10.9. The monoisotopic (exact) mass is 232 g/mol. The van der Waals surface area contributed by atoms with E-state index < -0.39 is 5.97 Å². The Bertz CT molecular complexity index is 584. The molecule has 0 aliphatic heterocycles. The standard InChI is InChI=1S/C12H12N2O3/c15-9-4-8(5-9)14-6-13-10-2-1-7(12(16)17)3-11(10)14/h1-3,6,8-9,15H,4-5H2,(H,16,17). The number of benzene rings is 1. The molecule has 0 bridgehead atoms. The molecule has 0 radical (unpaired) electrons. The Hall–Kier alpha value is -1.88. The van der Waals surface area contributed by atoms with Crippen LogP contribution in [0.1, 0.15) is 29.2 Å². The number of nitrogens with zero attached hydrogens (tertiary/aromatic N) is 2. The molecule has 1 heterocycles. The summed E-state index contributed by atoms with van der Waals surface area (Å²) >= 11 is 0. The van der Waals surface area contributed by atoms with Gasteiger partial charge in [-0.2, -0.15) is 0 Å². The molecule has 1 aliphatic rings. The molecular weight excluding hydrogens is 220 g/mol. The number of imidazole rings is 1. The minimum atomic E-state index is -0.937. The van der Waals surface area contributed by atoms with Gasteiger partial charge in [-0.05, 0) is 31.0 Å². The Kier molecular flexibility index (Phi) is 2.16. The van der Waals surface area contributed by atoms with Gasteiger partial charge in [-0.1, -0.05) is 0 Å². The van der Waals surface area contributed by atoms with E-state index in [0.717, 1.165) is 11.0 Å². The highest BCUT2D eigenvalue weighted by Gasteiger charge is 2.29. The van der Waals surface area contributed by atoms with Crippen LogP contribution in [0.2, 0.25) is 0 Å². The predicted octanol–water partition coefficient (Wildman–Crippen LogP) is 1.43. The SMILES string of the molecule is O=C(O)c1ccc2ncn(C3CC(O)C3)c2c1. The Labute approximate surface area is 97.3 Å². The zero-order valence-electron chi connectivity index (χ0n) is 9.08. The van der Waals surface area contributed by atoms with Gasteiger partial charge in [0.25, 0.3) is 0 Å². The number of aromatic carboxylic acids is 1. The first-order valence-corrected chi connectivity index (χ1v) is 5.53. The van der Waals surface area contributed by atoms with Gasteiger partial charge in [-0.3, -0.25) is 0 Å². The third kappa shape index (κ3) is 1.59. The number of carboxylic acids is 1. The fraction of sp³-hybridized carbons (Fsp3) is 0.333. The third-order valence-electron chi connectivity index (χ3n) is 3.30. The maximum absolute atomic E-state index is 10.9. The Morgan fingerprint density at radius 2 is 2.18 bits per heavy atom. The molecule has 17 heavy (non-hydrogen) atoms. The van der Waals surface area contributed by atoms with Gasteiger partial charge < -0.3 is 14.8 Å². The molecule has 0 saturated heterocycles. The van der Waals surface area contributed by atoms with Gasteiger partial charge in [0.1, 0.15) is 0 Å². The zero-order valence-corrected chi connectivity index (χ0v) is 9.08. The number of aromatic nitrogens is 2. The third-order valence-corrected chi connectivity index (χ3v) is 3.30. The van der Waals surface area contributed by atoms with E-state index in [1.807, 2.05) is 4.57 Å². The van der Waals surface area contributed by atoms with E-state index in [1.54, 1.807) is 24.5 Å². The zero-order chi connectivity index (χ0) is 12.0. The van der Waals surface area contributed by atoms with Crippen molar-refractivity contribution in [1.82, 2.24) is 9.55 Å². The molecule has 1 aromatic heterocycles. The summed E-state index contributed by atoms with van der Waals surface area (Å²) in [6.45, 7) is 0. The number of aliphatic hydroxyl groups excluding tert-OH is 1. The molecule has 0 atom stereocenters. The summed E-state index contributed by atoms with van der Waals surface area (Å²) in [4.78, 5) is 15.1. The Balaban J connectivity index is 2.07. The molecule has 2 N–H and O–H groups in total. The van der Waals surface area contributed by atoms with Crippen molar-refractivity contribution in [3.05, 3.63) is 30.1 Å². The molecule has 0 spiro atoms. The first-order valence-electron chi connectivity index (χ1n) is 5.53. The van der Waals surface area contributed by atoms with Gasteiger partial charge >= 0.3 is 5.97 Å². The van der Waals surface area contributed by atoms with Crippen LogP contribution in [0.15, 0.2) is 24.5 Å². The second-order valence-corrected chi connectivity index (χ2v) is 4.44. The minimum absolute atomic E-state index is 0.235. The molecule has 2 aromatic rings. The van der Waals surface area contributed by atoms with E-state index in [2.05, 4.69) is 4.98 Å². The topological polar surface area (TPSA) is 75.3 Å². The highest BCUT2D eigenvalue weighted by atomic mass is 16.4. The van der Waals surface area contributed by atoms with Crippen LogP contribution in [0.25, 0.3) is 11.0 Å². The maximum Gasteiger partial charge on any atom is 0.335 e. The van der Waals surface area contributed by atoms with E-state index in [0.29, 0.717) is 12.8 Å². The minimum Gasteiger partial charge on any atom is -0.478 e. The molecule has 88 valence electrons. The van der Waals surface area contributed by atoms with Crippen molar-refractivity contribution >= 4 is 17.0 Å². The number of rotatable bonds is 2. The average molecular weight is 232 g/mol. The molecule has 5 heteroatoms. The lowest BCUT2D eigenvalue weighted by Gasteiger charge is -2.32. The number of hydrogen-bond acceptors (Lipinski definition) is 3. The first-order chi connectivity index (χ1) is 8.15. The fourth-order valence-corrected chi connectivity index (χ4v) is 2.24. The van der Waals surface area contributed by atoms with E-state index in [4.69, 9.17) is 5.11 Å². The van der Waals surface area contributed by atoms with Gasteiger partial charge in [-0.25, -0.2) is 9.78 Å². The number of fused-ring (bicyclic) bond motifs is 1. The van der Waals surface area contributed by atoms with Crippen LogP contribution in [-0.2, 0) is 0 Å².